The summed E-state index contributed by atoms with van der Waals surface area (Å²) >= 11 is 0. The standard InChI is InChI=1S/C34H40N2/c1-27(29-15-5-3-6-16-29)25-33(35-21-11-12-22-35)31-19-9-10-20-32(31)34(36-23-13-14-24-36)26-28(2)30-17-7-4-8-18-30/h3-10,15-20,33-34H,1-2,11-14,21-26H2. The van der Waals surface area contributed by atoms with Gasteiger partial charge in [-0.25, -0.2) is 0 Å². The highest BCUT2D eigenvalue weighted by Crippen LogP contribution is 2.41. The van der Waals surface area contributed by atoms with Crippen molar-refractivity contribution in [1.29, 1.82) is 0 Å². The van der Waals surface area contributed by atoms with Gasteiger partial charge in [0.05, 0.1) is 0 Å². The molecule has 0 aliphatic carbocycles. The molecule has 0 aromatic heterocycles. The number of benzene rings is 3. The molecule has 0 bridgehead atoms. The lowest BCUT2D eigenvalue weighted by Crippen LogP contribution is -2.30. The van der Waals surface area contributed by atoms with E-state index in [1.54, 1.807) is 0 Å². The summed E-state index contributed by atoms with van der Waals surface area (Å²) in [7, 11) is 0. The van der Waals surface area contributed by atoms with Gasteiger partial charge in [0.2, 0.25) is 0 Å². The minimum absolute atomic E-state index is 0.353. The molecular weight excluding hydrogens is 436 g/mol. The first-order valence-electron chi connectivity index (χ1n) is 13.7. The van der Waals surface area contributed by atoms with Gasteiger partial charge in [-0.3, -0.25) is 9.80 Å². The van der Waals surface area contributed by atoms with Crippen molar-refractivity contribution >= 4 is 11.1 Å². The van der Waals surface area contributed by atoms with Crippen LogP contribution in [0.4, 0.5) is 0 Å². The SMILES string of the molecule is C=C(CC(c1ccccc1C(CC(=C)c1ccccc1)N1CCCC1)N1CCCC1)c1ccccc1. The molecule has 2 heteroatoms. The second kappa shape index (κ2) is 11.9. The van der Waals surface area contributed by atoms with Gasteiger partial charge < -0.3 is 0 Å². The molecule has 2 aliphatic rings. The van der Waals surface area contributed by atoms with Crippen LogP contribution in [-0.4, -0.2) is 36.0 Å². The van der Waals surface area contributed by atoms with Crippen LogP contribution in [0.1, 0.15) is 72.9 Å². The van der Waals surface area contributed by atoms with Crippen LogP contribution >= 0.6 is 0 Å². The monoisotopic (exact) mass is 476 g/mol. The van der Waals surface area contributed by atoms with E-state index >= 15 is 0 Å². The molecule has 0 amide bonds. The molecule has 2 fully saturated rings. The molecule has 2 nitrogen and oxygen atoms in total. The van der Waals surface area contributed by atoms with Gasteiger partial charge in [0.1, 0.15) is 0 Å². The molecule has 3 aromatic carbocycles. The van der Waals surface area contributed by atoms with E-state index in [2.05, 4.69) is 108 Å². The molecule has 2 unspecified atom stereocenters. The van der Waals surface area contributed by atoms with E-state index < -0.39 is 0 Å². The van der Waals surface area contributed by atoms with Gasteiger partial charge in [-0.05, 0) is 98.1 Å². The summed E-state index contributed by atoms with van der Waals surface area (Å²) in [5.74, 6) is 0. The third-order valence-electron chi connectivity index (χ3n) is 8.12. The lowest BCUT2D eigenvalue weighted by Gasteiger charge is -2.35. The molecule has 0 saturated carbocycles. The molecule has 186 valence electrons. The van der Waals surface area contributed by atoms with E-state index in [-0.39, 0.29) is 0 Å². The van der Waals surface area contributed by atoms with Gasteiger partial charge in [-0.2, -0.15) is 0 Å². The molecule has 2 atom stereocenters. The van der Waals surface area contributed by atoms with Crippen molar-refractivity contribution in [2.45, 2.75) is 50.6 Å². The van der Waals surface area contributed by atoms with E-state index in [9.17, 15) is 0 Å². The number of likely N-dealkylation sites (tertiary alicyclic amines) is 2. The first kappa shape index (κ1) is 24.7. The fourth-order valence-corrected chi connectivity index (χ4v) is 6.15. The van der Waals surface area contributed by atoms with Crippen LogP contribution in [0.3, 0.4) is 0 Å². The van der Waals surface area contributed by atoms with Crippen LogP contribution in [-0.2, 0) is 0 Å². The summed E-state index contributed by atoms with van der Waals surface area (Å²) in [6.45, 7) is 13.8. The van der Waals surface area contributed by atoms with E-state index in [0.29, 0.717) is 12.1 Å². The van der Waals surface area contributed by atoms with Gasteiger partial charge in [-0.15, -0.1) is 0 Å². The minimum atomic E-state index is 0.353. The maximum Gasteiger partial charge on any atom is 0.0391 e. The fourth-order valence-electron chi connectivity index (χ4n) is 6.15. The van der Waals surface area contributed by atoms with E-state index in [0.717, 1.165) is 12.8 Å². The van der Waals surface area contributed by atoms with Crippen molar-refractivity contribution in [1.82, 2.24) is 9.80 Å². The highest BCUT2D eigenvalue weighted by molar-refractivity contribution is 5.65. The molecule has 2 saturated heterocycles. The van der Waals surface area contributed by atoms with Gasteiger partial charge in [0.25, 0.3) is 0 Å². The van der Waals surface area contributed by atoms with Crippen LogP contribution < -0.4 is 0 Å². The predicted molar refractivity (Wildman–Crippen MR) is 154 cm³/mol. The number of hydrogen-bond acceptors (Lipinski definition) is 2. The van der Waals surface area contributed by atoms with E-state index in [1.807, 2.05) is 0 Å². The van der Waals surface area contributed by atoms with Crippen LogP contribution in [0, 0.1) is 0 Å². The van der Waals surface area contributed by atoms with E-state index in [4.69, 9.17) is 0 Å². The second-order valence-corrected chi connectivity index (χ2v) is 10.5. The van der Waals surface area contributed by atoms with Gasteiger partial charge in [0.15, 0.2) is 0 Å². The van der Waals surface area contributed by atoms with Gasteiger partial charge >= 0.3 is 0 Å². The third-order valence-corrected chi connectivity index (χ3v) is 8.12. The van der Waals surface area contributed by atoms with Crippen LogP contribution in [0.5, 0.6) is 0 Å². The van der Waals surface area contributed by atoms with E-state index in [1.165, 1.54) is 85.3 Å². The number of rotatable bonds is 10. The van der Waals surface area contributed by atoms with Gasteiger partial charge in [-0.1, -0.05) is 98.1 Å². The molecule has 3 aromatic rings. The maximum atomic E-state index is 4.55. The minimum Gasteiger partial charge on any atom is -0.296 e. The summed E-state index contributed by atoms with van der Waals surface area (Å²) in [6, 6.07) is 31.4. The summed E-state index contributed by atoms with van der Waals surface area (Å²) in [4.78, 5) is 5.42. The average molecular weight is 477 g/mol. The summed E-state index contributed by atoms with van der Waals surface area (Å²) in [5.41, 5.74) is 7.94. The lowest BCUT2D eigenvalue weighted by atomic mass is 9.86. The van der Waals surface area contributed by atoms with Crippen molar-refractivity contribution in [3.63, 3.8) is 0 Å². The molecule has 2 aliphatic heterocycles. The van der Waals surface area contributed by atoms with Crippen LogP contribution in [0.15, 0.2) is 98.1 Å². The second-order valence-electron chi connectivity index (χ2n) is 10.5. The smallest absolute Gasteiger partial charge is 0.0391 e. The summed E-state index contributed by atoms with van der Waals surface area (Å²) in [5, 5.41) is 0. The zero-order valence-corrected chi connectivity index (χ0v) is 21.6. The Morgan fingerprint density at radius 2 is 0.861 bits per heavy atom. The van der Waals surface area contributed by atoms with Gasteiger partial charge in [0, 0.05) is 12.1 Å². The number of hydrogen-bond donors (Lipinski definition) is 0. The number of nitrogens with zero attached hydrogens (tertiary/aromatic N) is 2. The Kier molecular flexibility index (Phi) is 8.15. The largest absolute Gasteiger partial charge is 0.296 e. The summed E-state index contributed by atoms with van der Waals surface area (Å²) in [6.07, 6.45) is 7.09. The Balaban J connectivity index is 1.50. The van der Waals surface area contributed by atoms with Crippen LogP contribution in [0.2, 0.25) is 0 Å². The maximum absolute atomic E-state index is 4.55. The first-order valence-corrected chi connectivity index (χ1v) is 13.7. The lowest BCUT2D eigenvalue weighted by molar-refractivity contribution is 0.228. The highest BCUT2D eigenvalue weighted by atomic mass is 15.2. The van der Waals surface area contributed by atoms with Crippen molar-refractivity contribution in [2.75, 3.05) is 26.2 Å². The van der Waals surface area contributed by atoms with Crippen LogP contribution in [0.25, 0.3) is 11.1 Å². The van der Waals surface area contributed by atoms with Crippen molar-refractivity contribution in [3.8, 4) is 0 Å². The topological polar surface area (TPSA) is 6.48 Å². The predicted octanol–water partition coefficient (Wildman–Crippen LogP) is 8.17. The molecule has 36 heavy (non-hydrogen) atoms. The molecule has 0 spiro atoms. The fraction of sp³-hybridized carbons (Fsp3) is 0.353. The first-order chi connectivity index (χ1) is 17.7. The Hall–Kier alpha value is -2.94. The zero-order valence-electron chi connectivity index (χ0n) is 21.6. The van der Waals surface area contributed by atoms with Crippen molar-refractivity contribution < 1.29 is 0 Å². The zero-order chi connectivity index (χ0) is 24.7. The Morgan fingerprint density at radius 3 is 1.22 bits per heavy atom. The average Bonchev–Trinajstić information content (AvgIpc) is 3.66. The molecule has 0 N–H and O–H groups in total. The molecule has 5 rings (SSSR count). The summed E-state index contributed by atoms with van der Waals surface area (Å²) < 4.78 is 0. The Bertz CT molecular complexity index is 1050. The molecule has 2 heterocycles. The Morgan fingerprint density at radius 1 is 0.528 bits per heavy atom. The Labute approximate surface area is 218 Å². The van der Waals surface area contributed by atoms with Crippen molar-refractivity contribution in [3.05, 3.63) is 120 Å². The quantitative estimate of drug-likeness (QED) is 0.291. The molecule has 0 radical (unpaired) electrons. The highest BCUT2D eigenvalue weighted by Gasteiger charge is 2.31. The normalized spacial score (nSPS) is 18.2. The third kappa shape index (κ3) is 5.72. The van der Waals surface area contributed by atoms with Crippen molar-refractivity contribution in [2.24, 2.45) is 0 Å². The molecular formula is C34H40N2.